The summed E-state index contributed by atoms with van der Waals surface area (Å²) in [6.07, 6.45) is 8.98. The lowest BCUT2D eigenvalue weighted by atomic mass is 9.79. The number of aliphatic hydroxyl groups is 2. The minimum absolute atomic E-state index is 0.0238. The fourth-order valence-electron chi connectivity index (χ4n) is 12.9. The Kier molecular flexibility index (Phi) is 20.8. The number of anilines is 6. The summed E-state index contributed by atoms with van der Waals surface area (Å²) in [6, 6.07) is 0.911. The number of piperidine rings is 4. The molecule has 0 atom stereocenters. The molecule has 22 heteroatoms. The second-order valence-corrected chi connectivity index (χ2v) is 27.4. The van der Waals surface area contributed by atoms with E-state index in [0.717, 1.165) is 64.2 Å². The van der Waals surface area contributed by atoms with Gasteiger partial charge in [-0.15, -0.1) is 0 Å². The molecule has 4 saturated heterocycles. The van der Waals surface area contributed by atoms with Gasteiger partial charge in [0.25, 0.3) is 0 Å². The number of rotatable bonds is 17. The number of aliphatic carboxylic acids is 2. The molecule has 6 rings (SSSR count). The van der Waals surface area contributed by atoms with Crippen LogP contribution in [0.4, 0.5) is 35.7 Å². The summed E-state index contributed by atoms with van der Waals surface area (Å²) in [5, 5.41) is 55.2. The van der Waals surface area contributed by atoms with Gasteiger partial charge in [-0.2, -0.15) is 29.9 Å². The predicted octanol–water partition coefficient (Wildman–Crippen LogP) is 5.47. The molecule has 434 valence electrons. The maximum absolute atomic E-state index is 11.2. The third-order valence-corrected chi connectivity index (χ3v) is 14.7. The van der Waals surface area contributed by atoms with E-state index < -0.39 is 11.9 Å². The Morgan fingerprint density at radius 2 is 0.592 bits per heavy atom. The van der Waals surface area contributed by atoms with Crippen LogP contribution in [0.25, 0.3) is 0 Å². The molecule has 0 aromatic carbocycles. The van der Waals surface area contributed by atoms with Gasteiger partial charge in [-0.1, -0.05) is 0 Å². The third-order valence-electron chi connectivity index (χ3n) is 14.7. The highest BCUT2D eigenvalue weighted by Gasteiger charge is 2.44. The normalized spacial score (nSPS) is 22.3. The Morgan fingerprint density at radius 3 is 0.750 bits per heavy atom. The molecule has 0 amide bonds. The molecule has 0 spiro atoms. The molecule has 2 aromatic rings. The molecule has 10 N–H and O–H groups in total. The molecule has 22 nitrogen and oxygen atoms in total. The van der Waals surface area contributed by atoms with E-state index in [-0.39, 0.29) is 107 Å². The second kappa shape index (κ2) is 24.7. The number of nitrogens with one attached hydrogen (secondary N) is 6. The monoisotopic (exact) mass is 1070 g/mol. The molecule has 76 heavy (non-hydrogen) atoms. The van der Waals surface area contributed by atoms with Crippen molar-refractivity contribution in [2.24, 2.45) is 0 Å². The Hall–Kier alpha value is -4.48. The van der Waals surface area contributed by atoms with Crippen LogP contribution in [-0.4, -0.2) is 185 Å². The standard InChI is InChI=1S/2C25H46N8O2.C4H10O2/c2*1-22(2)11-16(12-23(3,4)30-22)32(9)20-27-19(26-15-18(34)35)28-21(29-20)33(10)17-13-24(5,6)31-25(7,8)14-17;5-3-1-2-4-6/h2*16-17,30-31H,11-15H2,1-10H3,(H,34,35)(H,26,27,28,29);5-6H,1-4H2. The van der Waals surface area contributed by atoms with Crippen LogP contribution in [0.2, 0.25) is 0 Å². The molecule has 2 aromatic heterocycles. The van der Waals surface area contributed by atoms with Crippen LogP contribution in [0.5, 0.6) is 0 Å². The number of carboxylic acids is 2. The average molecular weight is 1070 g/mol. The van der Waals surface area contributed by atoms with Gasteiger partial charge in [-0.25, -0.2) is 0 Å². The molecular formula is C54H102N16O6. The fraction of sp³-hybridized carbons (Fsp3) is 0.852. The molecule has 0 radical (unpaired) electrons. The average Bonchev–Trinajstić information content (AvgIpc) is 3.24. The third kappa shape index (κ3) is 19.8. The number of carboxylic acid groups (broad SMARTS) is 2. The number of hydrogen-bond acceptors (Lipinski definition) is 20. The molecular weight excluding hydrogens is 969 g/mol. The van der Waals surface area contributed by atoms with Crippen LogP contribution in [0.1, 0.15) is 175 Å². The van der Waals surface area contributed by atoms with Gasteiger partial charge in [0.1, 0.15) is 13.1 Å². The number of unbranched alkanes of at least 4 members (excludes halogenated alkanes) is 1. The Balaban J connectivity index is 0.000000296. The Morgan fingerprint density at radius 1 is 0.408 bits per heavy atom. The summed E-state index contributed by atoms with van der Waals surface area (Å²) in [5.74, 6) is 0.873. The molecule has 4 aliphatic rings. The van der Waals surface area contributed by atoms with Crippen molar-refractivity contribution in [1.82, 2.24) is 51.2 Å². The largest absolute Gasteiger partial charge is 0.480 e. The van der Waals surface area contributed by atoms with E-state index in [1.807, 2.05) is 28.2 Å². The van der Waals surface area contributed by atoms with Crippen LogP contribution in [0.3, 0.4) is 0 Å². The zero-order valence-electron chi connectivity index (χ0n) is 50.3. The Labute approximate surface area is 455 Å². The van der Waals surface area contributed by atoms with E-state index in [9.17, 15) is 19.8 Å². The van der Waals surface area contributed by atoms with Crippen molar-refractivity contribution in [1.29, 1.82) is 0 Å². The Bertz CT molecular complexity index is 1900. The van der Waals surface area contributed by atoms with Crippen molar-refractivity contribution >= 4 is 47.6 Å². The predicted molar refractivity (Wildman–Crippen MR) is 306 cm³/mol. The van der Waals surface area contributed by atoms with Crippen molar-refractivity contribution in [2.75, 3.05) is 84.7 Å². The van der Waals surface area contributed by atoms with Gasteiger partial charge in [0.05, 0.1) is 0 Å². The van der Waals surface area contributed by atoms with Crippen molar-refractivity contribution < 1.29 is 30.0 Å². The van der Waals surface area contributed by atoms with Crippen molar-refractivity contribution in [3.63, 3.8) is 0 Å². The molecule has 0 unspecified atom stereocenters. The smallest absolute Gasteiger partial charge is 0.322 e. The van der Waals surface area contributed by atoms with Gasteiger partial charge >= 0.3 is 11.9 Å². The van der Waals surface area contributed by atoms with Crippen LogP contribution in [0, 0.1) is 0 Å². The van der Waals surface area contributed by atoms with Crippen LogP contribution in [-0.2, 0) is 9.59 Å². The summed E-state index contributed by atoms with van der Waals surface area (Å²) in [7, 11) is 8.11. The van der Waals surface area contributed by atoms with E-state index >= 15 is 0 Å². The van der Waals surface area contributed by atoms with E-state index in [4.69, 9.17) is 20.2 Å². The van der Waals surface area contributed by atoms with Crippen LogP contribution >= 0.6 is 0 Å². The molecule has 0 aliphatic carbocycles. The van der Waals surface area contributed by atoms with Crippen molar-refractivity contribution in [3.8, 4) is 0 Å². The van der Waals surface area contributed by atoms with Gasteiger partial charge in [-0.05, 0) is 175 Å². The maximum atomic E-state index is 11.2. The lowest BCUT2D eigenvalue weighted by Crippen LogP contribution is -2.62. The maximum Gasteiger partial charge on any atom is 0.322 e. The van der Waals surface area contributed by atoms with Crippen LogP contribution < -0.4 is 51.5 Å². The van der Waals surface area contributed by atoms with Crippen LogP contribution in [0.15, 0.2) is 0 Å². The first kappa shape index (κ1) is 64.0. The van der Waals surface area contributed by atoms with Gasteiger partial charge in [0.2, 0.25) is 35.7 Å². The highest BCUT2D eigenvalue weighted by Crippen LogP contribution is 2.37. The van der Waals surface area contributed by atoms with Gasteiger partial charge < -0.3 is 71.9 Å². The summed E-state index contributed by atoms with van der Waals surface area (Å²) in [4.78, 5) is 59.3. The van der Waals surface area contributed by atoms with Gasteiger partial charge in [-0.3, -0.25) is 9.59 Å². The quantitative estimate of drug-likeness (QED) is 0.0880. The number of aliphatic hydroxyl groups excluding tert-OH is 2. The van der Waals surface area contributed by atoms with E-state index in [1.165, 1.54) is 0 Å². The summed E-state index contributed by atoms with van der Waals surface area (Å²) >= 11 is 0. The SMILES string of the molecule is CN(c1nc(NCC(=O)O)nc(N(C)C2CC(C)(C)NC(C)(C)C2)n1)C1CC(C)(C)NC(C)(C)C1.CN(c1nc(NCC(=O)O)nc(N(C)C2CC(C)(C)NC(C)(C)C2)n1)C1CC(C)(C)NC(C)(C)C1.OCCCCO. The topological polar surface area (TPSA) is 278 Å². The minimum atomic E-state index is -0.959. The van der Waals surface area contributed by atoms with E-state index in [2.05, 4.69) is 182 Å². The summed E-state index contributed by atoms with van der Waals surface area (Å²) in [6.45, 7) is 35.5. The molecule has 0 bridgehead atoms. The molecule has 6 heterocycles. The molecule has 4 fully saturated rings. The number of aromatic nitrogens is 6. The zero-order valence-corrected chi connectivity index (χ0v) is 50.3. The molecule has 0 saturated carbocycles. The molecule has 4 aliphatic heterocycles. The highest BCUT2D eigenvalue weighted by atomic mass is 16.4. The summed E-state index contributed by atoms with van der Waals surface area (Å²) < 4.78 is 0. The highest BCUT2D eigenvalue weighted by molar-refractivity contribution is 5.72. The lowest BCUT2D eigenvalue weighted by molar-refractivity contribution is -0.136. The zero-order chi connectivity index (χ0) is 57.6. The van der Waals surface area contributed by atoms with Crippen molar-refractivity contribution in [2.45, 2.75) is 243 Å². The lowest BCUT2D eigenvalue weighted by Gasteiger charge is -2.49. The van der Waals surface area contributed by atoms with E-state index in [1.54, 1.807) is 0 Å². The number of hydrogen-bond donors (Lipinski definition) is 10. The summed E-state index contributed by atoms with van der Waals surface area (Å²) in [5.41, 5.74) is -0.191. The van der Waals surface area contributed by atoms with Crippen molar-refractivity contribution in [3.05, 3.63) is 0 Å². The second-order valence-electron chi connectivity index (χ2n) is 27.4. The first-order chi connectivity index (χ1) is 34.7. The minimum Gasteiger partial charge on any atom is -0.480 e. The van der Waals surface area contributed by atoms with Gasteiger partial charge in [0.15, 0.2) is 0 Å². The number of nitrogens with zero attached hydrogens (tertiary/aromatic N) is 10. The van der Waals surface area contributed by atoms with Gasteiger partial charge in [0, 0.05) is 110 Å². The number of carbonyl (C=O) groups is 2. The fourth-order valence-corrected chi connectivity index (χ4v) is 12.9. The first-order valence-corrected chi connectivity index (χ1v) is 27.4. The first-order valence-electron chi connectivity index (χ1n) is 27.4. The van der Waals surface area contributed by atoms with E-state index in [0.29, 0.717) is 23.8 Å².